The molecule has 0 aliphatic rings. The van der Waals surface area contributed by atoms with Gasteiger partial charge >= 0.3 is 0 Å². The highest BCUT2D eigenvalue weighted by Gasteiger charge is 1.83. The highest BCUT2D eigenvalue weighted by molar-refractivity contribution is 5.23. The van der Waals surface area contributed by atoms with Crippen molar-refractivity contribution < 1.29 is 0 Å². The molecule has 1 rings (SSSR count). The molecule has 1 aromatic carbocycles. The van der Waals surface area contributed by atoms with Crippen molar-refractivity contribution in [3.63, 3.8) is 0 Å². The second-order valence-corrected chi connectivity index (χ2v) is 2.08. The van der Waals surface area contributed by atoms with Crippen LogP contribution >= 0.6 is 0 Å². The first kappa shape index (κ1) is 22.5. The van der Waals surface area contributed by atoms with Crippen LogP contribution in [0.3, 0.4) is 0 Å². The molecule has 0 spiro atoms. The van der Waals surface area contributed by atoms with Gasteiger partial charge in [0.2, 0.25) is 0 Å². The minimum absolute atomic E-state index is 0. The largest absolute Gasteiger partial charge is 0.0776 e. The van der Waals surface area contributed by atoms with Crippen LogP contribution in [-0.2, 0) is 0 Å². The highest BCUT2D eigenvalue weighted by atomic mass is 13.9. The van der Waals surface area contributed by atoms with E-state index < -0.39 is 0 Å². The summed E-state index contributed by atoms with van der Waals surface area (Å²) in [6.45, 7) is 4.24. The molecule has 12 heavy (non-hydrogen) atoms. The molecule has 74 valence electrons. The Morgan fingerprint density at radius 2 is 0.917 bits per heavy atom. The molecule has 0 heterocycles. The van der Waals surface area contributed by atoms with Crippen LogP contribution in [-0.4, -0.2) is 0 Å². The van der Waals surface area contributed by atoms with Crippen molar-refractivity contribution in [2.24, 2.45) is 0 Å². The van der Waals surface area contributed by atoms with Gasteiger partial charge in [0.25, 0.3) is 0 Å². The van der Waals surface area contributed by atoms with Gasteiger partial charge in [-0.05, 0) is 25.0 Å². The second-order valence-electron chi connectivity index (χ2n) is 2.08. The standard InChI is InChI=1S/C8H10.4CH4/c1-7-5-3-4-6-8(7)2;;;;/h3-6H,1-2H3;4*1H4. The molecular formula is C12H26. The van der Waals surface area contributed by atoms with E-state index in [-0.39, 0.29) is 29.7 Å². The highest BCUT2D eigenvalue weighted by Crippen LogP contribution is 2.02. The Labute approximate surface area is 79.6 Å². The number of benzene rings is 1. The van der Waals surface area contributed by atoms with Crippen LogP contribution in [0.25, 0.3) is 0 Å². The van der Waals surface area contributed by atoms with Crippen molar-refractivity contribution in [2.75, 3.05) is 0 Å². The predicted molar refractivity (Wildman–Crippen MR) is 62.8 cm³/mol. The Morgan fingerprint density at radius 3 is 1.08 bits per heavy atom. The lowest BCUT2D eigenvalue weighted by Crippen LogP contribution is -1.74. The van der Waals surface area contributed by atoms with Crippen molar-refractivity contribution in [3.8, 4) is 0 Å². The quantitative estimate of drug-likeness (QED) is 0.522. The van der Waals surface area contributed by atoms with Crippen LogP contribution < -0.4 is 0 Å². The van der Waals surface area contributed by atoms with E-state index in [0.717, 1.165) is 0 Å². The van der Waals surface area contributed by atoms with E-state index in [2.05, 4.69) is 38.1 Å². The fraction of sp³-hybridized carbons (Fsp3) is 0.500. The molecule has 0 radical (unpaired) electrons. The van der Waals surface area contributed by atoms with Crippen molar-refractivity contribution in [3.05, 3.63) is 35.4 Å². The van der Waals surface area contributed by atoms with Crippen molar-refractivity contribution in [2.45, 2.75) is 43.6 Å². The second kappa shape index (κ2) is 10.2. The molecule has 0 nitrogen and oxygen atoms in total. The van der Waals surface area contributed by atoms with Crippen molar-refractivity contribution in [1.29, 1.82) is 0 Å². The average Bonchev–Trinajstić information content (AvgIpc) is 1.77. The van der Waals surface area contributed by atoms with Crippen LogP contribution in [0.15, 0.2) is 24.3 Å². The molecule has 0 saturated carbocycles. The third-order valence-corrected chi connectivity index (χ3v) is 1.43. The van der Waals surface area contributed by atoms with Crippen LogP contribution in [0.4, 0.5) is 0 Å². The topological polar surface area (TPSA) is 0 Å². The van der Waals surface area contributed by atoms with Crippen LogP contribution in [0.2, 0.25) is 0 Å². The smallest absolute Gasteiger partial charge is 0.0395 e. The normalized spacial score (nSPS) is 6.17. The Hall–Kier alpha value is -0.780. The van der Waals surface area contributed by atoms with E-state index >= 15 is 0 Å². The van der Waals surface area contributed by atoms with E-state index in [4.69, 9.17) is 0 Å². The zero-order chi connectivity index (χ0) is 5.98. The average molecular weight is 170 g/mol. The van der Waals surface area contributed by atoms with Crippen LogP contribution in [0, 0.1) is 13.8 Å². The summed E-state index contributed by atoms with van der Waals surface area (Å²) in [7, 11) is 0. The molecule has 1 aromatic rings. The summed E-state index contributed by atoms with van der Waals surface area (Å²) < 4.78 is 0. The first-order chi connectivity index (χ1) is 3.80. The first-order valence-corrected chi connectivity index (χ1v) is 2.83. The Kier molecular flexibility index (Phi) is 19.1. The molecule has 0 N–H and O–H groups in total. The van der Waals surface area contributed by atoms with E-state index in [0.29, 0.717) is 0 Å². The maximum atomic E-state index is 2.12. The summed E-state index contributed by atoms with van der Waals surface area (Å²) in [4.78, 5) is 0. The van der Waals surface area contributed by atoms with Crippen LogP contribution in [0.1, 0.15) is 40.8 Å². The molecule has 0 aliphatic carbocycles. The SMILES string of the molecule is C.C.C.C.Cc1ccccc1C. The lowest BCUT2D eigenvalue weighted by atomic mass is 10.1. The third-order valence-electron chi connectivity index (χ3n) is 1.43. The Balaban J connectivity index is -0.0000000800. The van der Waals surface area contributed by atoms with Crippen molar-refractivity contribution >= 4 is 0 Å². The maximum Gasteiger partial charge on any atom is -0.0395 e. The van der Waals surface area contributed by atoms with Gasteiger partial charge in [0.15, 0.2) is 0 Å². The molecule has 0 aromatic heterocycles. The fourth-order valence-corrected chi connectivity index (χ4v) is 0.663. The van der Waals surface area contributed by atoms with Gasteiger partial charge in [-0.15, -0.1) is 0 Å². The summed E-state index contributed by atoms with van der Waals surface area (Å²) in [6.07, 6.45) is 0. The maximum absolute atomic E-state index is 2.12. The number of rotatable bonds is 0. The summed E-state index contributed by atoms with van der Waals surface area (Å²) in [5.74, 6) is 0. The molecule has 0 fully saturated rings. The van der Waals surface area contributed by atoms with Gasteiger partial charge in [0.1, 0.15) is 0 Å². The molecule has 0 heteroatoms. The van der Waals surface area contributed by atoms with E-state index in [1.807, 2.05) is 0 Å². The molecule has 0 saturated heterocycles. The first-order valence-electron chi connectivity index (χ1n) is 2.83. The van der Waals surface area contributed by atoms with Gasteiger partial charge in [-0.25, -0.2) is 0 Å². The molecule has 0 aliphatic heterocycles. The number of aryl methyl sites for hydroxylation is 2. The lowest BCUT2D eigenvalue weighted by Gasteiger charge is -1.93. The van der Waals surface area contributed by atoms with E-state index in [9.17, 15) is 0 Å². The minimum atomic E-state index is 0. The molecular weight excluding hydrogens is 144 g/mol. The zero-order valence-corrected chi connectivity index (χ0v) is 5.31. The monoisotopic (exact) mass is 170 g/mol. The molecule has 0 amide bonds. The van der Waals surface area contributed by atoms with Gasteiger partial charge in [-0.1, -0.05) is 54.0 Å². The lowest BCUT2D eigenvalue weighted by molar-refractivity contribution is 1.34. The summed E-state index contributed by atoms with van der Waals surface area (Å²) >= 11 is 0. The van der Waals surface area contributed by atoms with Gasteiger partial charge in [0.05, 0.1) is 0 Å². The third kappa shape index (κ3) is 5.96. The zero-order valence-electron chi connectivity index (χ0n) is 5.31. The van der Waals surface area contributed by atoms with E-state index in [1.54, 1.807) is 0 Å². The van der Waals surface area contributed by atoms with Gasteiger partial charge in [-0.3, -0.25) is 0 Å². The van der Waals surface area contributed by atoms with Crippen molar-refractivity contribution in [1.82, 2.24) is 0 Å². The van der Waals surface area contributed by atoms with Crippen LogP contribution in [0.5, 0.6) is 0 Å². The number of hydrogen-bond donors (Lipinski definition) is 0. The number of hydrogen-bond acceptors (Lipinski definition) is 0. The summed E-state index contributed by atoms with van der Waals surface area (Å²) in [6, 6.07) is 8.36. The predicted octanol–water partition coefficient (Wildman–Crippen LogP) is 4.85. The van der Waals surface area contributed by atoms with Gasteiger partial charge in [0, 0.05) is 0 Å². The fourth-order valence-electron chi connectivity index (χ4n) is 0.663. The summed E-state index contributed by atoms with van der Waals surface area (Å²) in [5, 5.41) is 0. The molecule has 0 atom stereocenters. The molecule has 0 bridgehead atoms. The Bertz CT molecular complexity index is 156. The van der Waals surface area contributed by atoms with E-state index in [1.165, 1.54) is 11.1 Å². The van der Waals surface area contributed by atoms with Gasteiger partial charge < -0.3 is 0 Å². The summed E-state index contributed by atoms with van der Waals surface area (Å²) in [5.41, 5.74) is 2.74. The molecule has 0 unspecified atom stereocenters. The minimum Gasteiger partial charge on any atom is -0.0776 e. The van der Waals surface area contributed by atoms with Gasteiger partial charge in [-0.2, -0.15) is 0 Å². The Morgan fingerprint density at radius 1 is 0.667 bits per heavy atom.